The third-order valence-electron chi connectivity index (χ3n) is 2.51. The molecule has 4 heteroatoms. The highest BCUT2D eigenvalue weighted by Gasteiger charge is 2.20. The standard InChI is InChI=1S/C12H15ClFNO/c1-6(2)8-5-10(14)7(3)4-9(8)11(13)12(15)16/h4-6,11H,1-3H3,(H2,15,16). The Hall–Kier alpha value is -1.09. The van der Waals surface area contributed by atoms with Gasteiger partial charge >= 0.3 is 0 Å². The molecular weight excluding hydrogens is 229 g/mol. The van der Waals surface area contributed by atoms with Crippen LogP contribution in [0.3, 0.4) is 0 Å². The van der Waals surface area contributed by atoms with Crippen LogP contribution in [0.1, 0.15) is 41.8 Å². The minimum absolute atomic E-state index is 0.0886. The lowest BCUT2D eigenvalue weighted by atomic mass is 9.93. The van der Waals surface area contributed by atoms with Gasteiger partial charge in [-0.25, -0.2) is 4.39 Å². The molecule has 0 aliphatic heterocycles. The van der Waals surface area contributed by atoms with Crippen molar-refractivity contribution in [1.82, 2.24) is 0 Å². The van der Waals surface area contributed by atoms with E-state index in [1.54, 1.807) is 13.0 Å². The minimum Gasteiger partial charge on any atom is -0.368 e. The molecule has 0 saturated heterocycles. The lowest BCUT2D eigenvalue weighted by Gasteiger charge is -2.16. The van der Waals surface area contributed by atoms with Crippen LogP contribution in [-0.4, -0.2) is 5.91 Å². The summed E-state index contributed by atoms with van der Waals surface area (Å²) < 4.78 is 13.4. The van der Waals surface area contributed by atoms with E-state index in [0.29, 0.717) is 11.1 Å². The number of alkyl halides is 1. The van der Waals surface area contributed by atoms with Gasteiger partial charge in [0, 0.05) is 0 Å². The van der Waals surface area contributed by atoms with Crippen LogP contribution in [-0.2, 0) is 4.79 Å². The Morgan fingerprint density at radius 2 is 1.94 bits per heavy atom. The number of carbonyl (C=O) groups is 1. The van der Waals surface area contributed by atoms with Gasteiger partial charge in [0.2, 0.25) is 5.91 Å². The van der Waals surface area contributed by atoms with Gasteiger partial charge in [-0.2, -0.15) is 0 Å². The van der Waals surface area contributed by atoms with E-state index in [-0.39, 0.29) is 11.7 Å². The van der Waals surface area contributed by atoms with Gasteiger partial charge in [0.25, 0.3) is 0 Å². The highest BCUT2D eigenvalue weighted by Crippen LogP contribution is 2.30. The molecule has 2 N–H and O–H groups in total. The molecule has 0 radical (unpaired) electrons. The normalized spacial score (nSPS) is 12.9. The zero-order chi connectivity index (χ0) is 12.5. The third kappa shape index (κ3) is 2.53. The Balaban J connectivity index is 3.35. The van der Waals surface area contributed by atoms with Crippen molar-refractivity contribution in [3.63, 3.8) is 0 Å². The number of amides is 1. The second-order valence-electron chi connectivity index (χ2n) is 4.15. The van der Waals surface area contributed by atoms with Crippen molar-refractivity contribution in [3.05, 3.63) is 34.6 Å². The molecule has 88 valence electrons. The number of nitrogens with two attached hydrogens (primary N) is 1. The smallest absolute Gasteiger partial charge is 0.240 e. The predicted molar refractivity (Wildman–Crippen MR) is 63.0 cm³/mol. The van der Waals surface area contributed by atoms with Crippen molar-refractivity contribution in [2.45, 2.75) is 32.1 Å². The maximum atomic E-state index is 13.4. The van der Waals surface area contributed by atoms with Crippen molar-refractivity contribution in [1.29, 1.82) is 0 Å². The van der Waals surface area contributed by atoms with E-state index in [0.717, 1.165) is 5.56 Å². The second-order valence-corrected chi connectivity index (χ2v) is 4.59. The van der Waals surface area contributed by atoms with Crippen LogP contribution in [0.5, 0.6) is 0 Å². The van der Waals surface area contributed by atoms with E-state index in [4.69, 9.17) is 17.3 Å². The number of carbonyl (C=O) groups excluding carboxylic acids is 1. The average Bonchev–Trinajstić information content (AvgIpc) is 2.19. The summed E-state index contributed by atoms with van der Waals surface area (Å²) in [6.45, 7) is 5.46. The summed E-state index contributed by atoms with van der Waals surface area (Å²) in [7, 11) is 0. The average molecular weight is 244 g/mol. The SMILES string of the molecule is Cc1cc(C(Cl)C(N)=O)c(C(C)C)cc1F. The minimum atomic E-state index is -0.906. The van der Waals surface area contributed by atoms with Crippen LogP contribution in [0, 0.1) is 12.7 Å². The maximum Gasteiger partial charge on any atom is 0.240 e. The summed E-state index contributed by atoms with van der Waals surface area (Å²) in [5, 5.41) is -0.906. The monoisotopic (exact) mass is 243 g/mol. The lowest BCUT2D eigenvalue weighted by Crippen LogP contribution is -2.19. The Morgan fingerprint density at radius 3 is 2.38 bits per heavy atom. The van der Waals surface area contributed by atoms with E-state index >= 15 is 0 Å². The summed E-state index contributed by atoms with van der Waals surface area (Å²) in [6.07, 6.45) is 0. The number of hydrogen-bond donors (Lipinski definition) is 1. The summed E-state index contributed by atoms with van der Waals surface area (Å²) >= 11 is 5.92. The Bertz CT molecular complexity index is 418. The van der Waals surface area contributed by atoms with Gasteiger partial charge in [-0.3, -0.25) is 4.79 Å². The first kappa shape index (κ1) is 13.0. The molecule has 1 aromatic rings. The fraction of sp³-hybridized carbons (Fsp3) is 0.417. The number of hydrogen-bond acceptors (Lipinski definition) is 1. The van der Waals surface area contributed by atoms with Crippen LogP contribution < -0.4 is 5.73 Å². The van der Waals surface area contributed by atoms with E-state index < -0.39 is 11.3 Å². The molecule has 0 heterocycles. The largest absolute Gasteiger partial charge is 0.368 e. The Labute approximate surface area is 99.6 Å². The topological polar surface area (TPSA) is 43.1 Å². The Kier molecular flexibility index (Phi) is 3.92. The quantitative estimate of drug-likeness (QED) is 0.815. The molecule has 1 amide bonds. The zero-order valence-corrected chi connectivity index (χ0v) is 10.3. The summed E-state index contributed by atoms with van der Waals surface area (Å²) in [5.74, 6) is -0.818. The van der Waals surface area contributed by atoms with E-state index in [1.165, 1.54) is 6.07 Å². The zero-order valence-electron chi connectivity index (χ0n) is 9.55. The van der Waals surface area contributed by atoms with Crippen molar-refractivity contribution >= 4 is 17.5 Å². The lowest BCUT2D eigenvalue weighted by molar-refractivity contribution is -0.117. The van der Waals surface area contributed by atoms with Crippen molar-refractivity contribution in [2.75, 3.05) is 0 Å². The van der Waals surface area contributed by atoms with Crippen LogP contribution >= 0.6 is 11.6 Å². The molecule has 0 fully saturated rings. The second kappa shape index (κ2) is 4.83. The van der Waals surface area contributed by atoms with Crippen LogP contribution in [0.4, 0.5) is 4.39 Å². The van der Waals surface area contributed by atoms with Gasteiger partial charge in [-0.05, 0) is 35.6 Å². The van der Waals surface area contributed by atoms with Crippen molar-refractivity contribution < 1.29 is 9.18 Å². The number of primary amides is 1. The fourth-order valence-corrected chi connectivity index (χ4v) is 1.78. The van der Waals surface area contributed by atoms with Gasteiger partial charge in [0.05, 0.1) is 0 Å². The number of aryl methyl sites for hydroxylation is 1. The van der Waals surface area contributed by atoms with Crippen LogP contribution in [0.2, 0.25) is 0 Å². The number of benzene rings is 1. The van der Waals surface area contributed by atoms with Crippen LogP contribution in [0.25, 0.3) is 0 Å². The highest BCUT2D eigenvalue weighted by atomic mass is 35.5. The molecule has 0 spiro atoms. The number of rotatable bonds is 3. The molecule has 0 aromatic heterocycles. The number of halogens is 2. The van der Waals surface area contributed by atoms with Gasteiger partial charge in [-0.15, -0.1) is 11.6 Å². The maximum absolute atomic E-state index is 13.4. The van der Waals surface area contributed by atoms with E-state index in [2.05, 4.69) is 0 Å². The van der Waals surface area contributed by atoms with Crippen LogP contribution in [0.15, 0.2) is 12.1 Å². The first-order chi connectivity index (χ1) is 7.34. The molecule has 1 atom stereocenters. The molecular formula is C12H15ClFNO. The summed E-state index contributed by atoms with van der Waals surface area (Å²) in [4.78, 5) is 11.1. The van der Waals surface area contributed by atoms with Crippen molar-refractivity contribution in [2.24, 2.45) is 5.73 Å². The molecule has 1 rings (SSSR count). The molecule has 16 heavy (non-hydrogen) atoms. The highest BCUT2D eigenvalue weighted by molar-refractivity contribution is 6.30. The molecule has 1 unspecified atom stereocenters. The van der Waals surface area contributed by atoms with Gasteiger partial charge in [0.1, 0.15) is 11.2 Å². The molecule has 1 aromatic carbocycles. The van der Waals surface area contributed by atoms with Gasteiger partial charge in [-0.1, -0.05) is 19.9 Å². The Morgan fingerprint density at radius 1 is 1.38 bits per heavy atom. The molecule has 0 aliphatic rings. The molecule has 0 bridgehead atoms. The van der Waals surface area contributed by atoms with Crippen molar-refractivity contribution in [3.8, 4) is 0 Å². The van der Waals surface area contributed by atoms with E-state index in [1.807, 2.05) is 13.8 Å². The van der Waals surface area contributed by atoms with Gasteiger partial charge in [0.15, 0.2) is 0 Å². The van der Waals surface area contributed by atoms with Gasteiger partial charge < -0.3 is 5.73 Å². The van der Waals surface area contributed by atoms with E-state index in [9.17, 15) is 9.18 Å². The first-order valence-electron chi connectivity index (χ1n) is 5.08. The molecule has 0 saturated carbocycles. The predicted octanol–water partition coefficient (Wildman–Crippen LogP) is 3.02. The third-order valence-corrected chi connectivity index (χ3v) is 2.96. The molecule has 2 nitrogen and oxygen atoms in total. The fourth-order valence-electron chi connectivity index (χ4n) is 1.59. The molecule has 0 aliphatic carbocycles. The summed E-state index contributed by atoms with van der Waals surface area (Å²) in [6, 6.07) is 3.01. The first-order valence-corrected chi connectivity index (χ1v) is 5.51. The summed E-state index contributed by atoms with van der Waals surface area (Å²) in [5.41, 5.74) is 6.95.